The molecule has 6 nitrogen and oxygen atoms in total. The second-order valence-electron chi connectivity index (χ2n) is 6.04. The van der Waals surface area contributed by atoms with Crippen LogP contribution in [0.1, 0.15) is 30.4 Å². The predicted molar refractivity (Wildman–Crippen MR) is 72.3 cm³/mol. The number of imide groups is 1. The van der Waals surface area contributed by atoms with E-state index >= 15 is 0 Å². The van der Waals surface area contributed by atoms with Crippen LogP contribution >= 0.6 is 0 Å². The Bertz CT molecular complexity index is 695. The lowest BCUT2D eigenvalue weighted by Crippen LogP contribution is -2.38. The van der Waals surface area contributed by atoms with Crippen LogP contribution < -0.4 is 5.73 Å². The van der Waals surface area contributed by atoms with Crippen molar-refractivity contribution in [2.75, 3.05) is 12.3 Å². The number of rotatable bonds is 2. The van der Waals surface area contributed by atoms with Crippen molar-refractivity contribution in [1.82, 2.24) is 4.90 Å². The van der Waals surface area contributed by atoms with E-state index in [1.807, 2.05) is 6.07 Å². The monoisotopic (exact) mass is 286 g/mol. The van der Waals surface area contributed by atoms with Crippen molar-refractivity contribution < 1.29 is 19.1 Å². The average molecular weight is 286 g/mol. The highest BCUT2D eigenvalue weighted by Gasteiger charge is 2.67. The molecule has 4 rings (SSSR count). The molecule has 21 heavy (non-hydrogen) atoms. The molecule has 1 aliphatic heterocycles. The van der Waals surface area contributed by atoms with Gasteiger partial charge >= 0.3 is 6.09 Å². The standard InChI is InChI=1S/C15H14N2O4/c16-9-1-2-10-11(7-9)14(3-4-14)8-15(10)12(19)17(5-6-18)13(20)21-15/h1-2,6-7H,3-5,8,16H2. The third-order valence-corrected chi connectivity index (χ3v) is 4.82. The molecule has 1 saturated carbocycles. The van der Waals surface area contributed by atoms with Crippen molar-refractivity contribution in [3.63, 3.8) is 0 Å². The largest absolute Gasteiger partial charge is 0.427 e. The van der Waals surface area contributed by atoms with E-state index in [2.05, 4.69) is 0 Å². The van der Waals surface area contributed by atoms with Gasteiger partial charge in [0.15, 0.2) is 0 Å². The number of nitrogen functional groups attached to an aromatic ring is 1. The highest BCUT2D eigenvalue weighted by Crippen LogP contribution is 2.64. The van der Waals surface area contributed by atoms with Crippen molar-refractivity contribution in [1.29, 1.82) is 0 Å². The number of anilines is 1. The Morgan fingerprint density at radius 1 is 1.29 bits per heavy atom. The molecule has 1 aromatic carbocycles. The molecule has 3 aliphatic rings. The Labute approximate surface area is 120 Å². The van der Waals surface area contributed by atoms with Gasteiger partial charge in [0.2, 0.25) is 5.60 Å². The lowest BCUT2D eigenvalue weighted by atomic mass is 9.94. The van der Waals surface area contributed by atoms with E-state index in [-0.39, 0.29) is 12.0 Å². The predicted octanol–water partition coefficient (Wildman–Crippen LogP) is 1.08. The Balaban J connectivity index is 1.86. The van der Waals surface area contributed by atoms with Crippen molar-refractivity contribution in [3.8, 4) is 0 Å². The summed E-state index contributed by atoms with van der Waals surface area (Å²) < 4.78 is 5.47. The zero-order valence-corrected chi connectivity index (χ0v) is 11.3. The van der Waals surface area contributed by atoms with Crippen LogP contribution in [0.4, 0.5) is 10.5 Å². The molecule has 1 heterocycles. The number of nitrogens with two attached hydrogens (primary N) is 1. The first-order valence-corrected chi connectivity index (χ1v) is 6.91. The fourth-order valence-electron chi connectivity index (χ4n) is 3.68. The maximum Gasteiger partial charge on any atom is 0.418 e. The molecule has 2 aliphatic carbocycles. The van der Waals surface area contributed by atoms with Gasteiger partial charge in [0.1, 0.15) is 6.29 Å². The van der Waals surface area contributed by atoms with Crippen molar-refractivity contribution in [2.24, 2.45) is 0 Å². The lowest BCUT2D eigenvalue weighted by molar-refractivity contribution is -0.138. The van der Waals surface area contributed by atoms with E-state index in [0.29, 0.717) is 18.4 Å². The van der Waals surface area contributed by atoms with Gasteiger partial charge in [0.05, 0.1) is 6.54 Å². The van der Waals surface area contributed by atoms with Gasteiger partial charge in [-0.25, -0.2) is 9.69 Å². The van der Waals surface area contributed by atoms with Crippen LogP contribution in [-0.2, 0) is 25.3 Å². The van der Waals surface area contributed by atoms with Crippen LogP contribution in [0.2, 0.25) is 0 Å². The number of hydrogen-bond donors (Lipinski definition) is 1. The average Bonchev–Trinajstić information content (AvgIpc) is 3.12. The first-order valence-electron chi connectivity index (χ1n) is 6.91. The molecule has 1 aromatic rings. The van der Waals surface area contributed by atoms with Gasteiger partial charge in [-0.2, -0.15) is 0 Å². The van der Waals surface area contributed by atoms with Crippen molar-refractivity contribution in [3.05, 3.63) is 29.3 Å². The summed E-state index contributed by atoms with van der Waals surface area (Å²) in [5.41, 5.74) is 6.86. The molecule has 1 atom stereocenters. The Morgan fingerprint density at radius 3 is 2.71 bits per heavy atom. The molecule has 1 unspecified atom stereocenters. The van der Waals surface area contributed by atoms with Gasteiger partial charge in [0.25, 0.3) is 5.91 Å². The first-order chi connectivity index (χ1) is 10.0. The highest BCUT2D eigenvalue weighted by atomic mass is 16.6. The number of nitrogens with zero attached hydrogens (tertiary/aromatic N) is 1. The fraction of sp³-hybridized carbons (Fsp3) is 0.400. The summed E-state index contributed by atoms with van der Waals surface area (Å²) >= 11 is 0. The Kier molecular flexibility index (Phi) is 2.14. The highest BCUT2D eigenvalue weighted by molar-refractivity contribution is 6.05. The summed E-state index contributed by atoms with van der Waals surface area (Å²) in [6.07, 6.45) is 2.17. The molecule has 108 valence electrons. The number of hydrogen-bond acceptors (Lipinski definition) is 5. The number of aldehydes is 1. The van der Waals surface area contributed by atoms with E-state index < -0.39 is 17.6 Å². The van der Waals surface area contributed by atoms with Gasteiger partial charge in [0, 0.05) is 23.1 Å². The number of benzene rings is 1. The zero-order valence-electron chi connectivity index (χ0n) is 11.3. The van der Waals surface area contributed by atoms with E-state index in [4.69, 9.17) is 10.5 Å². The van der Waals surface area contributed by atoms with E-state index in [1.165, 1.54) is 0 Å². The topological polar surface area (TPSA) is 89.7 Å². The third-order valence-electron chi connectivity index (χ3n) is 4.82. The van der Waals surface area contributed by atoms with Crippen LogP contribution in [0.25, 0.3) is 0 Å². The Morgan fingerprint density at radius 2 is 2.05 bits per heavy atom. The quantitative estimate of drug-likeness (QED) is 0.649. The van der Waals surface area contributed by atoms with E-state index in [0.717, 1.165) is 28.9 Å². The lowest BCUT2D eigenvalue weighted by Gasteiger charge is -2.20. The number of carbonyl (C=O) groups excluding carboxylic acids is 3. The molecule has 2 amide bonds. The molecule has 2 N–H and O–H groups in total. The number of ether oxygens (including phenoxy) is 1. The normalized spacial score (nSPS) is 28.1. The van der Waals surface area contributed by atoms with Crippen LogP contribution in [0.5, 0.6) is 0 Å². The van der Waals surface area contributed by atoms with Crippen LogP contribution in [0.3, 0.4) is 0 Å². The number of fused-ring (bicyclic) bond motifs is 3. The van der Waals surface area contributed by atoms with Crippen LogP contribution in [0.15, 0.2) is 18.2 Å². The first kappa shape index (κ1) is 12.4. The minimum Gasteiger partial charge on any atom is -0.427 e. The second-order valence-corrected chi connectivity index (χ2v) is 6.04. The van der Waals surface area contributed by atoms with Crippen LogP contribution in [-0.4, -0.2) is 29.7 Å². The molecule has 6 heteroatoms. The second kappa shape index (κ2) is 3.63. The molecule has 2 fully saturated rings. The van der Waals surface area contributed by atoms with Gasteiger partial charge in [-0.15, -0.1) is 0 Å². The summed E-state index contributed by atoms with van der Waals surface area (Å²) in [6.45, 7) is -0.267. The maximum absolute atomic E-state index is 12.7. The van der Waals surface area contributed by atoms with Gasteiger partial charge < -0.3 is 15.3 Å². The fourth-order valence-corrected chi connectivity index (χ4v) is 3.68. The summed E-state index contributed by atoms with van der Waals surface area (Å²) in [7, 11) is 0. The minimum atomic E-state index is -1.26. The number of carbonyl (C=O) groups is 3. The summed E-state index contributed by atoms with van der Waals surface area (Å²) in [6, 6.07) is 5.36. The summed E-state index contributed by atoms with van der Waals surface area (Å²) in [5.74, 6) is -0.436. The maximum atomic E-state index is 12.7. The molecule has 0 radical (unpaired) electrons. The Hall–Kier alpha value is -2.37. The van der Waals surface area contributed by atoms with Gasteiger partial charge in [-0.05, 0) is 30.5 Å². The number of amides is 2. The van der Waals surface area contributed by atoms with Gasteiger partial charge in [-0.1, -0.05) is 6.07 Å². The smallest absolute Gasteiger partial charge is 0.418 e. The summed E-state index contributed by atoms with van der Waals surface area (Å²) in [4.78, 5) is 36.2. The summed E-state index contributed by atoms with van der Waals surface area (Å²) in [5, 5.41) is 0. The molecule has 1 saturated heterocycles. The molecular formula is C15H14N2O4. The van der Waals surface area contributed by atoms with Gasteiger partial charge in [-0.3, -0.25) is 4.79 Å². The SMILES string of the molecule is Nc1ccc2c(c1)C1(CC1)CC21OC(=O)N(CC=O)C1=O. The van der Waals surface area contributed by atoms with Crippen molar-refractivity contribution >= 4 is 24.0 Å². The van der Waals surface area contributed by atoms with E-state index in [1.54, 1.807) is 12.1 Å². The van der Waals surface area contributed by atoms with Crippen molar-refractivity contribution in [2.45, 2.75) is 30.3 Å². The zero-order chi connectivity index (χ0) is 14.8. The molecule has 0 bridgehead atoms. The third kappa shape index (κ3) is 1.39. The minimum absolute atomic E-state index is 0.0994. The van der Waals surface area contributed by atoms with Crippen LogP contribution in [0, 0.1) is 0 Å². The van der Waals surface area contributed by atoms with E-state index in [9.17, 15) is 14.4 Å². The molecular weight excluding hydrogens is 272 g/mol. The molecule has 0 aromatic heterocycles. The molecule has 2 spiro atoms.